The second-order valence-electron chi connectivity index (χ2n) is 8.14. The summed E-state index contributed by atoms with van der Waals surface area (Å²) in [6.07, 6.45) is 1.62. The van der Waals surface area contributed by atoms with E-state index in [0.717, 1.165) is 17.9 Å². The Morgan fingerprint density at radius 1 is 1.16 bits per heavy atom. The van der Waals surface area contributed by atoms with E-state index >= 15 is 0 Å². The Kier molecular flexibility index (Phi) is 7.79. The van der Waals surface area contributed by atoms with Crippen LogP contribution >= 0.6 is 11.8 Å². The number of nitrogens with one attached hydrogen (secondary N) is 1. The van der Waals surface area contributed by atoms with Crippen molar-refractivity contribution in [3.05, 3.63) is 48.2 Å². The molecule has 166 valence electrons. The highest BCUT2D eigenvalue weighted by atomic mass is 32.2. The summed E-state index contributed by atoms with van der Waals surface area (Å²) in [6, 6.07) is 11.4. The topological polar surface area (TPSA) is 82.2 Å². The van der Waals surface area contributed by atoms with Crippen molar-refractivity contribution in [1.82, 2.24) is 20.1 Å². The molecule has 1 N–H and O–H groups in total. The molecule has 0 spiro atoms. The predicted molar refractivity (Wildman–Crippen MR) is 122 cm³/mol. The smallest absolute Gasteiger partial charge is 0.230 e. The van der Waals surface area contributed by atoms with Crippen molar-refractivity contribution >= 4 is 17.7 Å². The normalized spacial score (nSPS) is 12.4. The number of methoxy groups -OCH3 is 1. The molecule has 8 heteroatoms. The molecule has 1 aromatic carbocycles. The van der Waals surface area contributed by atoms with Crippen LogP contribution in [0.4, 0.5) is 0 Å². The number of aromatic nitrogens is 3. The van der Waals surface area contributed by atoms with Gasteiger partial charge in [0.2, 0.25) is 5.91 Å². The summed E-state index contributed by atoms with van der Waals surface area (Å²) in [4.78, 5) is 12.8. The van der Waals surface area contributed by atoms with Gasteiger partial charge in [-0.25, -0.2) is 0 Å². The van der Waals surface area contributed by atoms with E-state index < -0.39 is 0 Å². The fraction of sp³-hybridized carbons (Fsp3) is 0.435. The number of hydrogen-bond donors (Lipinski definition) is 1. The number of hydrogen-bond acceptors (Lipinski definition) is 6. The molecule has 0 radical (unpaired) electrons. The average Bonchev–Trinajstić information content (AvgIpc) is 3.40. The maximum absolute atomic E-state index is 12.8. The number of carbonyl (C=O) groups is 1. The van der Waals surface area contributed by atoms with Crippen LogP contribution in [0.15, 0.2) is 52.2 Å². The Balaban J connectivity index is 1.69. The molecule has 0 fully saturated rings. The molecule has 1 amide bonds. The minimum absolute atomic E-state index is 0.0434. The Labute approximate surface area is 187 Å². The molecule has 0 saturated heterocycles. The van der Waals surface area contributed by atoms with Gasteiger partial charge in [-0.1, -0.05) is 51.6 Å². The largest absolute Gasteiger partial charge is 0.497 e. The summed E-state index contributed by atoms with van der Waals surface area (Å²) in [5, 5.41) is 12.5. The van der Waals surface area contributed by atoms with Crippen molar-refractivity contribution in [3.8, 4) is 17.3 Å². The van der Waals surface area contributed by atoms with Crippen molar-refractivity contribution < 1.29 is 13.9 Å². The summed E-state index contributed by atoms with van der Waals surface area (Å²) in [5.74, 6) is 3.01. The Hall–Kier alpha value is -2.74. The lowest BCUT2D eigenvalue weighted by Crippen LogP contribution is -2.33. The molecular formula is C23H30N4O3S. The second-order valence-corrected chi connectivity index (χ2v) is 9.08. The van der Waals surface area contributed by atoms with Crippen LogP contribution in [0.2, 0.25) is 0 Å². The van der Waals surface area contributed by atoms with E-state index in [1.54, 1.807) is 13.4 Å². The molecule has 3 rings (SSSR count). The molecule has 0 saturated carbocycles. The first-order valence-corrected chi connectivity index (χ1v) is 11.4. The van der Waals surface area contributed by atoms with E-state index in [1.807, 2.05) is 41.0 Å². The van der Waals surface area contributed by atoms with Crippen molar-refractivity contribution in [1.29, 1.82) is 0 Å². The number of carbonyl (C=O) groups excluding carboxylic acids is 1. The van der Waals surface area contributed by atoms with Crippen molar-refractivity contribution in [2.75, 3.05) is 12.9 Å². The number of benzene rings is 1. The molecular weight excluding hydrogens is 412 g/mol. The third kappa shape index (κ3) is 5.91. The lowest BCUT2D eigenvalue weighted by molar-refractivity contribution is -0.119. The van der Waals surface area contributed by atoms with Gasteiger partial charge in [0.1, 0.15) is 5.75 Å². The summed E-state index contributed by atoms with van der Waals surface area (Å²) in [7, 11) is 1.64. The van der Waals surface area contributed by atoms with Crippen LogP contribution < -0.4 is 10.1 Å². The quantitative estimate of drug-likeness (QED) is 0.454. The lowest BCUT2D eigenvalue weighted by atomic mass is 9.96. The minimum atomic E-state index is -0.0776. The molecule has 0 aliphatic carbocycles. The zero-order chi connectivity index (χ0) is 22.4. The molecule has 0 aliphatic rings. The van der Waals surface area contributed by atoms with E-state index in [9.17, 15) is 4.79 Å². The summed E-state index contributed by atoms with van der Waals surface area (Å²) in [5.41, 5.74) is 1.05. The fourth-order valence-corrected chi connectivity index (χ4v) is 4.06. The van der Waals surface area contributed by atoms with Gasteiger partial charge in [-0.2, -0.15) is 0 Å². The Morgan fingerprint density at radius 3 is 2.48 bits per heavy atom. The maximum atomic E-state index is 12.8. The molecule has 1 unspecified atom stereocenters. The summed E-state index contributed by atoms with van der Waals surface area (Å²) in [6.45, 7) is 9.20. The van der Waals surface area contributed by atoms with E-state index in [4.69, 9.17) is 9.15 Å². The first-order chi connectivity index (χ1) is 14.9. The number of rotatable bonds is 10. The molecule has 2 heterocycles. The van der Waals surface area contributed by atoms with Crippen LogP contribution in [0, 0.1) is 11.8 Å². The number of ether oxygens (including phenoxy) is 1. The second kappa shape index (κ2) is 10.5. The van der Waals surface area contributed by atoms with Gasteiger partial charge in [-0.05, 0) is 41.7 Å². The van der Waals surface area contributed by atoms with Crippen LogP contribution in [0.3, 0.4) is 0 Å². The monoisotopic (exact) mass is 442 g/mol. The van der Waals surface area contributed by atoms with Gasteiger partial charge in [-0.15, -0.1) is 10.2 Å². The van der Waals surface area contributed by atoms with E-state index in [2.05, 4.69) is 43.2 Å². The van der Waals surface area contributed by atoms with Crippen molar-refractivity contribution in [2.45, 2.75) is 45.4 Å². The number of nitrogens with zero attached hydrogens (tertiary/aromatic N) is 3. The third-order valence-electron chi connectivity index (χ3n) is 4.80. The summed E-state index contributed by atoms with van der Waals surface area (Å²) < 4.78 is 12.8. The van der Waals surface area contributed by atoms with Gasteiger partial charge in [0.15, 0.2) is 16.7 Å². The average molecular weight is 443 g/mol. The van der Waals surface area contributed by atoms with E-state index in [-0.39, 0.29) is 23.6 Å². The number of amides is 1. The Bertz CT molecular complexity index is 965. The zero-order valence-electron chi connectivity index (χ0n) is 18.7. The van der Waals surface area contributed by atoms with Crippen LogP contribution in [0.1, 0.15) is 39.3 Å². The summed E-state index contributed by atoms with van der Waals surface area (Å²) >= 11 is 1.39. The highest BCUT2D eigenvalue weighted by molar-refractivity contribution is 7.99. The zero-order valence-corrected chi connectivity index (χ0v) is 19.5. The first-order valence-electron chi connectivity index (χ1n) is 10.4. The highest BCUT2D eigenvalue weighted by Gasteiger charge is 2.21. The van der Waals surface area contributed by atoms with Crippen LogP contribution in [0.25, 0.3) is 11.6 Å². The van der Waals surface area contributed by atoms with Crippen LogP contribution in [-0.4, -0.2) is 33.5 Å². The minimum Gasteiger partial charge on any atom is -0.497 e. The van der Waals surface area contributed by atoms with E-state index in [0.29, 0.717) is 22.7 Å². The molecule has 3 aromatic rings. The molecule has 7 nitrogen and oxygen atoms in total. The fourth-order valence-electron chi connectivity index (χ4n) is 3.30. The standard InChI is InChI=1S/C23H30N4O3S/c1-15(2)13-27-22(19-7-6-12-30-19)25-26-23(27)31-14-20(28)24-21(16(3)4)17-8-10-18(29-5)11-9-17/h6-12,15-16,21H,13-14H2,1-5H3,(H,24,28). The van der Waals surface area contributed by atoms with Gasteiger partial charge in [0.05, 0.1) is 25.2 Å². The van der Waals surface area contributed by atoms with Crippen LogP contribution in [-0.2, 0) is 11.3 Å². The SMILES string of the molecule is COc1ccc(C(NC(=O)CSc2nnc(-c3ccco3)n2CC(C)C)C(C)C)cc1. The van der Waals surface area contributed by atoms with Gasteiger partial charge in [0.25, 0.3) is 0 Å². The first kappa shape index (κ1) is 22.9. The number of thioether (sulfide) groups is 1. The lowest BCUT2D eigenvalue weighted by Gasteiger charge is -2.23. The van der Waals surface area contributed by atoms with Gasteiger partial charge in [0, 0.05) is 6.54 Å². The molecule has 31 heavy (non-hydrogen) atoms. The molecule has 1 atom stereocenters. The third-order valence-corrected chi connectivity index (χ3v) is 5.76. The van der Waals surface area contributed by atoms with Gasteiger partial charge < -0.3 is 14.5 Å². The molecule has 2 aromatic heterocycles. The molecule has 0 aliphatic heterocycles. The highest BCUT2D eigenvalue weighted by Crippen LogP contribution is 2.27. The number of furan rings is 1. The van der Waals surface area contributed by atoms with E-state index in [1.165, 1.54) is 11.8 Å². The van der Waals surface area contributed by atoms with Gasteiger partial charge in [-0.3, -0.25) is 9.36 Å². The van der Waals surface area contributed by atoms with Crippen molar-refractivity contribution in [3.63, 3.8) is 0 Å². The van der Waals surface area contributed by atoms with Crippen molar-refractivity contribution in [2.24, 2.45) is 11.8 Å². The van der Waals surface area contributed by atoms with Crippen LogP contribution in [0.5, 0.6) is 5.75 Å². The Morgan fingerprint density at radius 2 is 1.90 bits per heavy atom. The predicted octanol–water partition coefficient (Wildman–Crippen LogP) is 4.81. The van der Waals surface area contributed by atoms with Gasteiger partial charge >= 0.3 is 0 Å². The maximum Gasteiger partial charge on any atom is 0.230 e. The molecule has 0 bridgehead atoms.